The van der Waals surface area contributed by atoms with E-state index >= 15 is 0 Å². The van der Waals surface area contributed by atoms with E-state index in [-0.39, 0.29) is 35.8 Å². The molecule has 2 aromatic carbocycles. The molecule has 0 radical (unpaired) electrons. The number of carbonyl (C=O) groups excluding carboxylic acids is 1. The normalized spacial score (nSPS) is 13.0. The van der Waals surface area contributed by atoms with Crippen LogP contribution in [0.5, 0.6) is 23.0 Å². The molecule has 1 heterocycles. The van der Waals surface area contributed by atoms with E-state index in [1.54, 1.807) is 24.3 Å². The standard InChI is InChI=1S/C24H28N2O8/c1-26-17-7-5-4-6-15(17)22(30)21(24(26)32)18(29)10-16(25-11-14(28)12-27)13-8-19(33-2)23(31)20(9-13)34-3/h4-9,14,16,25,27-28,30-31H,10-12H2,1-3H3/t14-,16+/m1/s1. The average Bonchev–Trinajstić information content (AvgIpc) is 2.85. The van der Waals surface area contributed by atoms with E-state index < -0.39 is 35.8 Å². The number of methoxy groups -OCH3 is 2. The number of phenols is 1. The number of hydrogen-bond acceptors (Lipinski definition) is 9. The molecule has 0 saturated carbocycles. The fourth-order valence-corrected chi connectivity index (χ4v) is 3.78. The average molecular weight is 472 g/mol. The van der Waals surface area contributed by atoms with Crippen molar-refractivity contribution < 1.29 is 34.7 Å². The number of fused-ring (bicyclic) bond motifs is 1. The molecule has 0 aliphatic rings. The van der Waals surface area contributed by atoms with Crippen LogP contribution in [0.25, 0.3) is 10.9 Å². The first-order valence-electron chi connectivity index (χ1n) is 10.5. The van der Waals surface area contributed by atoms with Crippen molar-refractivity contribution in [2.75, 3.05) is 27.4 Å². The second-order valence-electron chi connectivity index (χ2n) is 7.80. The molecule has 0 saturated heterocycles. The minimum atomic E-state index is -1.10. The van der Waals surface area contributed by atoms with Gasteiger partial charge in [0.05, 0.1) is 32.4 Å². The highest BCUT2D eigenvalue weighted by Crippen LogP contribution is 2.39. The smallest absolute Gasteiger partial charge is 0.265 e. The number of aryl methyl sites for hydroxylation is 1. The summed E-state index contributed by atoms with van der Waals surface area (Å²) in [5.74, 6) is -1.07. The molecule has 3 rings (SSSR count). The van der Waals surface area contributed by atoms with Crippen LogP contribution >= 0.6 is 0 Å². The van der Waals surface area contributed by atoms with Crippen LogP contribution in [0, 0.1) is 0 Å². The molecular weight excluding hydrogens is 444 g/mol. The van der Waals surface area contributed by atoms with Crippen LogP contribution < -0.4 is 20.3 Å². The summed E-state index contributed by atoms with van der Waals surface area (Å²) in [6.07, 6.45) is -1.38. The molecule has 0 unspecified atom stereocenters. The number of aromatic nitrogens is 1. The predicted octanol–water partition coefficient (Wildman–Crippen LogP) is 1.22. The first-order valence-corrected chi connectivity index (χ1v) is 10.5. The first-order chi connectivity index (χ1) is 16.2. The lowest BCUT2D eigenvalue weighted by molar-refractivity contribution is 0.0877. The Labute approximate surface area is 195 Å². The zero-order valence-corrected chi connectivity index (χ0v) is 19.1. The maximum atomic E-state index is 13.3. The van der Waals surface area contributed by atoms with Gasteiger partial charge in [-0.05, 0) is 29.8 Å². The summed E-state index contributed by atoms with van der Waals surface area (Å²) in [7, 11) is 4.24. The number of ketones is 1. The lowest BCUT2D eigenvalue weighted by atomic mass is 9.96. The van der Waals surface area contributed by atoms with Crippen molar-refractivity contribution in [1.82, 2.24) is 9.88 Å². The third kappa shape index (κ3) is 4.84. The number of pyridine rings is 1. The van der Waals surface area contributed by atoms with E-state index in [0.717, 1.165) is 0 Å². The molecule has 5 N–H and O–H groups in total. The van der Waals surface area contributed by atoms with Gasteiger partial charge in [0.2, 0.25) is 5.75 Å². The summed E-state index contributed by atoms with van der Waals surface area (Å²) in [4.78, 5) is 26.3. The van der Waals surface area contributed by atoms with E-state index in [1.165, 1.54) is 38.0 Å². The maximum absolute atomic E-state index is 13.3. The Bertz CT molecular complexity index is 1230. The Hall–Kier alpha value is -3.60. The number of hydrogen-bond donors (Lipinski definition) is 5. The van der Waals surface area contributed by atoms with Crippen molar-refractivity contribution in [3.63, 3.8) is 0 Å². The zero-order valence-electron chi connectivity index (χ0n) is 19.1. The van der Waals surface area contributed by atoms with Gasteiger partial charge in [-0.2, -0.15) is 0 Å². The molecule has 182 valence electrons. The van der Waals surface area contributed by atoms with Crippen LogP contribution in [0.15, 0.2) is 41.2 Å². The minimum Gasteiger partial charge on any atom is -0.506 e. The molecule has 10 nitrogen and oxygen atoms in total. The molecule has 34 heavy (non-hydrogen) atoms. The quantitative estimate of drug-likeness (QED) is 0.274. The first kappa shape index (κ1) is 25.0. The highest BCUT2D eigenvalue weighted by molar-refractivity contribution is 6.03. The number of aliphatic hydroxyl groups is 2. The summed E-state index contributed by atoms with van der Waals surface area (Å²) in [6, 6.07) is 8.90. The number of nitrogens with zero attached hydrogens (tertiary/aromatic N) is 1. The molecule has 3 aromatic rings. The van der Waals surface area contributed by atoms with E-state index in [2.05, 4.69) is 5.32 Å². The van der Waals surface area contributed by atoms with Gasteiger partial charge in [0.1, 0.15) is 11.3 Å². The van der Waals surface area contributed by atoms with Gasteiger partial charge >= 0.3 is 0 Å². The van der Waals surface area contributed by atoms with Gasteiger partial charge in [-0.25, -0.2) is 0 Å². The fourth-order valence-electron chi connectivity index (χ4n) is 3.78. The van der Waals surface area contributed by atoms with E-state index in [1.807, 2.05) is 0 Å². The number of carbonyl (C=O) groups is 1. The molecule has 0 fully saturated rings. The number of phenolic OH excluding ortho intramolecular Hbond substituents is 1. The second kappa shape index (κ2) is 10.6. The van der Waals surface area contributed by atoms with Crippen LogP contribution in [0.4, 0.5) is 0 Å². The third-order valence-corrected chi connectivity index (χ3v) is 5.66. The topological polar surface area (TPSA) is 150 Å². The van der Waals surface area contributed by atoms with Gasteiger partial charge in [-0.3, -0.25) is 9.59 Å². The minimum absolute atomic E-state index is 0.0678. The number of ether oxygens (including phenoxy) is 2. The monoisotopic (exact) mass is 472 g/mol. The highest BCUT2D eigenvalue weighted by Gasteiger charge is 2.26. The van der Waals surface area contributed by atoms with E-state index in [9.17, 15) is 30.0 Å². The number of rotatable bonds is 10. The van der Waals surface area contributed by atoms with Gasteiger partial charge in [0, 0.05) is 31.4 Å². The molecule has 1 aromatic heterocycles. The number of aliphatic hydroxyl groups excluding tert-OH is 2. The molecule has 0 spiro atoms. The Balaban J connectivity index is 2.06. The van der Waals surface area contributed by atoms with Crippen LogP contribution in [0.1, 0.15) is 28.4 Å². The van der Waals surface area contributed by atoms with Crippen LogP contribution in [0.3, 0.4) is 0 Å². The Kier molecular flexibility index (Phi) is 7.77. The van der Waals surface area contributed by atoms with Crippen molar-refractivity contribution >= 4 is 16.7 Å². The predicted molar refractivity (Wildman–Crippen MR) is 125 cm³/mol. The summed E-state index contributed by atoms with van der Waals surface area (Å²) < 4.78 is 11.7. The van der Waals surface area contributed by atoms with E-state index in [4.69, 9.17) is 9.47 Å². The third-order valence-electron chi connectivity index (χ3n) is 5.66. The summed E-state index contributed by atoms with van der Waals surface area (Å²) in [5, 5.41) is 43.3. The van der Waals surface area contributed by atoms with Gasteiger partial charge in [-0.15, -0.1) is 0 Å². The van der Waals surface area contributed by atoms with Gasteiger partial charge in [0.25, 0.3) is 5.56 Å². The Morgan fingerprint density at radius 2 is 1.71 bits per heavy atom. The second-order valence-corrected chi connectivity index (χ2v) is 7.80. The number of Topliss-reactive ketones (excluding diaryl/α,β-unsaturated/α-hetero) is 1. The van der Waals surface area contributed by atoms with Crippen molar-refractivity contribution in [2.24, 2.45) is 7.05 Å². The number of aromatic hydroxyl groups is 2. The van der Waals surface area contributed by atoms with Crippen molar-refractivity contribution in [3.05, 3.63) is 57.9 Å². The van der Waals surface area contributed by atoms with Crippen LogP contribution in [-0.2, 0) is 7.05 Å². The highest BCUT2D eigenvalue weighted by atomic mass is 16.5. The molecule has 0 bridgehead atoms. The molecule has 10 heteroatoms. The number of nitrogens with one attached hydrogen (secondary N) is 1. The van der Waals surface area contributed by atoms with Crippen molar-refractivity contribution in [1.29, 1.82) is 0 Å². The summed E-state index contributed by atoms with van der Waals surface area (Å²) >= 11 is 0. The lowest BCUT2D eigenvalue weighted by Crippen LogP contribution is -2.34. The molecular formula is C24H28N2O8. The van der Waals surface area contributed by atoms with Crippen LogP contribution in [-0.4, -0.2) is 64.3 Å². The molecule has 0 aliphatic carbocycles. The van der Waals surface area contributed by atoms with Gasteiger partial charge in [0.15, 0.2) is 17.3 Å². The Morgan fingerprint density at radius 3 is 2.29 bits per heavy atom. The van der Waals surface area contributed by atoms with Gasteiger partial charge in [-0.1, -0.05) is 12.1 Å². The molecule has 0 amide bonds. The Morgan fingerprint density at radius 1 is 1.09 bits per heavy atom. The fraction of sp³-hybridized carbons (Fsp3) is 0.333. The lowest BCUT2D eigenvalue weighted by Gasteiger charge is -2.22. The molecule has 0 aliphatic heterocycles. The largest absolute Gasteiger partial charge is 0.506 e. The summed E-state index contributed by atoms with van der Waals surface area (Å²) in [5.41, 5.74) is -0.0537. The van der Waals surface area contributed by atoms with Crippen molar-refractivity contribution in [2.45, 2.75) is 18.6 Å². The van der Waals surface area contributed by atoms with Crippen molar-refractivity contribution in [3.8, 4) is 23.0 Å². The van der Waals surface area contributed by atoms with E-state index in [0.29, 0.717) is 16.5 Å². The number of benzene rings is 2. The summed E-state index contributed by atoms with van der Waals surface area (Å²) in [6.45, 7) is -0.566. The SMILES string of the molecule is COc1cc([C@H](CC(=O)c2c(O)c3ccccc3n(C)c2=O)NC[C@@H](O)CO)cc(OC)c1O. The zero-order chi connectivity index (χ0) is 25.0. The number of para-hydroxylation sites is 1. The van der Waals surface area contributed by atoms with Crippen LogP contribution in [0.2, 0.25) is 0 Å². The maximum Gasteiger partial charge on any atom is 0.265 e. The van der Waals surface area contributed by atoms with Gasteiger partial charge < -0.3 is 39.8 Å². The molecule has 2 atom stereocenters.